The van der Waals surface area contributed by atoms with Gasteiger partial charge in [0, 0.05) is 19.1 Å². The summed E-state index contributed by atoms with van der Waals surface area (Å²) in [5.74, 6) is 0.240. The molecule has 3 atom stereocenters. The fourth-order valence-corrected chi connectivity index (χ4v) is 1.59. The molecule has 1 aliphatic heterocycles. The summed E-state index contributed by atoms with van der Waals surface area (Å²) in [6.07, 6.45) is 0.572. The fraction of sp³-hybridized carbons (Fsp3) is 1.00. The van der Waals surface area contributed by atoms with Crippen molar-refractivity contribution in [2.24, 2.45) is 5.92 Å². The molecule has 4 heteroatoms. The van der Waals surface area contributed by atoms with Crippen molar-refractivity contribution in [3.05, 3.63) is 0 Å². The Morgan fingerprint density at radius 3 is 2.87 bits per heavy atom. The monoisotopic (exact) mass is 218 g/mol. The molecule has 0 aromatic carbocycles. The first-order valence-electron chi connectivity index (χ1n) is 5.69. The zero-order valence-electron chi connectivity index (χ0n) is 9.65. The van der Waals surface area contributed by atoms with Crippen LogP contribution >= 0.6 is 0 Å². The van der Waals surface area contributed by atoms with Gasteiger partial charge in [-0.15, -0.1) is 0 Å². The van der Waals surface area contributed by atoms with Crippen molar-refractivity contribution < 1.29 is 19.3 Å². The highest BCUT2D eigenvalue weighted by Gasteiger charge is 2.24. The van der Waals surface area contributed by atoms with Crippen LogP contribution in [0.2, 0.25) is 0 Å². The molecular weight excluding hydrogens is 196 g/mol. The molecule has 0 aromatic heterocycles. The lowest BCUT2D eigenvalue weighted by atomic mass is 10.0. The molecule has 1 rings (SSSR count). The van der Waals surface area contributed by atoms with Gasteiger partial charge in [-0.3, -0.25) is 0 Å². The van der Waals surface area contributed by atoms with E-state index in [4.69, 9.17) is 14.2 Å². The number of aliphatic hydroxyl groups is 1. The predicted molar refractivity (Wildman–Crippen MR) is 56.8 cm³/mol. The topological polar surface area (TPSA) is 47.9 Å². The van der Waals surface area contributed by atoms with E-state index >= 15 is 0 Å². The van der Waals surface area contributed by atoms with E-state index in [-0.39, 0.29) is 12.0 Å². The summed E-state index contributed by atoms with van der Waals surface area (Å²) in [7, 11) is 0. The van der Waals surface area contributed by atoms with Crippen molar-refractivity contribution in [2.75, 3.05) is 33.0 Å². The van der Waals surface area contributed by atoms with Crippen LogP contribution in [-0.4, -0.2) is 50.3 Å². The fourth-order valence-electron chi connectivity index (χ4n) is 1.59. The van der Waals surface area contributed by atoms with Crippen molar-refractivity contribution in [1.82, 2.24) is 0 Å². The van der Waals surface area contributed by atoms with E-state index in [9.17, 15) is 5.11 Å². The van der Waals surface area contributed by atoms with E-state index in [1.807, 2.05) is 13.8 Å². The third kappa shape index (κ3) is 4.93. The minimum atomic E-state index is -0.406. The maximum absolute atomic E-state index is 9.78. The minimum Gasteiger partial charge on any atom is -0.390 e. The molecule has 1 heterocycles. The Kier molecular flexibility index (Phi) is 6.17. The van der Waals surface area contributed by atoms with Crippen LogP contribution in [0.5, 0.6) is 0 Å². The van der Waals surface area contributed by atoms with E-state index in [2.05, 4.69) is 0 Å². The zero-order valence-corrected chi connectivity index (χ0v) is 9.65. The first kappa shape index (κ1) is 12.9. The lowest BCUT2D eigenvalue weighted by Crippen LogP contribution is -2.29. The maximum atomic E-state index is 9.78. The zero-order chi connectivity index (χ0) is 11.1. The van der Waals surface area contributed by atoms with Crippen LogP contribution < -0.4 is 0 Å². The SMILES string of the molecule is CCOCC(C)OCC(O)C1CCOC1. The molecule has 1 N–H and O–H groups in total. The Morgan fingerprint density at radius 2 is 2.27 bits per heavy atom. The number of hydrogen-bond donors (Lipinski definition) is 1. The van der Waals surface area contributed by atoms with Gasteiger partial charge in [-0.25, -0.2) is 0 Å². The highest BCUT2D eigenvalue weighted by atomic mass is 16.5. The third-order valence-electron chi connectivity index (χ3n) is 2.62. The summed E-state index contributed by atoms with van der Waals surface area (Å²) in [5.41, 5.74) is 0. The predicted octanol–water partition coefficient (Wildman–Crippen LogP) is 0.825. The minimum absolute atomic E-state index is 0.0434. The average Bonchev–Trinajstić information content (AvgIpc) is 2.76. The van der Waals surface area contributed by atoms with E-state index in [1.54, 1.807) is 0 Å². The van der Waals surface area contributed by atoms with Crippen LogP contribution in [0.4, 0.5) is 0 Å². The first-order chi connectivity index (χ1) is 7.24. The summed E-state index contributed by atoms with van der Waals surface area (Å²) in [4.78, 5) is 0. The average molecular weight is 218 g/mol. The quantitative estimate of drug-likeness (QED) is 0.687. The molecule has 0 spiro atoms. The lowest BCUT2D eigenvalue weighted by molar-refractivity contribution is -0.0537. The van der Waals surface area contributed by atoms with Crippen LogP contribution in [0.15, 0.2) is 0 Å². The van der Waals surface area contributed by atoms with Gasteiger partial charge in [-0.2, -0.15) is 0 Å². The molecule has 0 saturated carbocycles. The molecule has 0 radical (unpaired) electrons. The molecule has 0 bridgehead atoms. The van der Waals surface area contributed by atoms with E-state index in [1.165, 1.54) is 0 Å². The Morgan fingerprint density at radius 1 is 1.47 bits per heavy atom. The second-order valence-corrected chi connectivity index (χ2v) is 3.99. The van der Waals surface area contributed by atoms with Gasteiger partial charge >= 0.3 is 0 Å². The van der Waals surface area contributed by atoms with Gasteiger partial charge in [0.15, 0.2) is 0 Å². The summed E-state index contributed by atoms with van der Waals surface area (Å²) >= 11 is 0. The van der Waals surface area contributed by atoms with Crippen LogP contribution in [0.25, 0.3) is 0 Å². The third-order valence-corrected chi connectivity index (χ3v) is 2.62. The second kappa shape index (κ2) is 7.17. The summed E-state index contributed by atoms with van der Waals surface area (Å²) in [5, 5.41) is 9.78. The van der Waals surface area contributed by atoms with Gasteiger partial charge in [-0.05, 0) is 20.3 Å². The van der Waals surface area contributed by atoms with Crippen LogP contribution in [0.1, 0.15) is 20.3 Å². The Labute approximate surface area is 91.5 Å². The van der Waals surface area contributed by atoms with Crippen molar-refractivity contribution in [1.29, 1.82) is 0 Å². The van der Waals surface area contributed by atoms with Crippen molar-refractivity contribution >= 4 is 0 Å². The van der Waals surface area contributed by atoms with Crippen molar-refractivity contribution in [3.63, 3.8) is 0 Å². The van der Waals surface area contributed by atoms with Gasteiger partial charge in [0.05, 0.1) is 32.0 Å². The summed E-state index contributed by atoms with van der Waals surface area (Å²) in [6, 6.07) is 0. The van der Waals surface area contributed by atoms with Crippen LogP contribution in [0.3, 0.4) is 0 Å². The molecule has 0 amide bonds. The second-order valence-electron chi connectivity index (χ2n) is 3.99. The Bertz CT molecular complexity index is 157. The molecule has 0 aromatic rings. The Hall–Kier alpha value is -0.160. The Balaban J connectivity index is 2.07. The van der Waals surface area contributed by atoms with E-state index < -0.39 is 6.10 Å². The number of aliphatic hydroxyl groups excluding tert-OH is 1. The smallest absolute Gasteiger partial charge is 0.0824 e. The first-order valence-corrected chi connectivity index (χ1v) is 5.69. The highest BCUT2D eigenvalue weighted by molar-refractivity contribution is 4.72. The van der Waals surface area contributed by atoms with Gasteiger partial charge in [0.25, 0.3) is 0 Å². The maximum Gasteiger partial charge on any atom is 0.0824 e. The van der Waals surface area contributed by atoms with Crippen LogP contribution in [0, 0.1) is 5.92 Å². The largest absolute Gasteiger partial charge is 0.390 e. The number of rotatable bonds is 7. The van der Waals surface area contributed by atoms with Crippen molar-refractivity contribution in [3.8, 4) is 0 Å². The molecule has 1 saturated heterocycles. The number of hydrogen-bond acceptors (Lipinski definition) is 4. The molecule has 1 fully saturated rings. The highest BCUT2D eigenvalue weighted by Crippen LogP contribution is 2.17. The van der Waals surface area contributed by atoms with Crippen LogP contribution in [-0.2, 0) is 14.2 Å². The molecule has 3 unspecified atom stereocenters. The molecule has 4 nitrogen and oxygen atoms in total. The standard InChI is InChI=1S/C11H22O4/c1-3-13-6-9(2)15-8-11(12)10-4-5-14-7-10/h9-12H,3-8H2,1-2H3. The molecular formula is C11H22O4. The molecule has 15 heavy (non-hydrogen) atoms. The van der Waals surface area contributed by atoms with Gasteiger partial charge in [0.1, 0.15) is 0 Å². The van der Waals surface area contributed by atoms with Gasteiger partial charge < -0.3 is 19.3 Å². The summed E-state index contributed by atoms with van der Waals surface area (Å²) < 4.78 is 15.9. The lowest BCUT2D eigenvalue weighted by Gasteiger charge is -2.19. The normalized spacial score (nSPS) is 25.4. The van der Waals surface area contributed by atoms with E-state index in [0.29, 0.717) is 26.4 Å². The molecule has 90 valence electrons. The van der Waals surface area contributed by atoms with Gasteiger partial charge in [0.2, 0.25) is 0 Å². The van der Waals surface area contributed by atoms with Crippen molar-refractivity contribution in [2.45, 2.75) is 32.5 Å². The van der Waals surface area contributed by atoms with E-state index in [0.717, 1.165) is 13.0 Å². The molecule has 0 aliphatic carbocycles. The number of ether oxygens (including phenoxy) is 3. The molecule has 1 aliphatic rings. The summed E-state index contributed by atoms with van der Waals surface area (Å²) in [6.45, 7) is 6.99. The van der Waals surface area contributed by atoms with Gasteiger partial charge in [-0.1, -0.05) is 0 Å².